The van der Waals surface area contributed by atoms with Crippen molar-refractivity contribution in [1.82, 2.24) is 0 Å². The average Bonchev–Trinajstić information content (AvgIpc) is 3.08. The highest BCUT2D eigenvalue weighted by Crippen LogP contribution is 2.34. The smallest absolute Gasteiger partial charge is 0.230 e. The van der Waals surface area contributed by atoms with Crippen molar-refractivity contribution in [3.05, 3.63) is 58.3 Å². The van der Waals surface area contributed by atoms with Gasteiger partial charge in [-0.25, -0.2) is 0 Å². The van der Waals surface area contributed by atoms with Crippen molar-refractivity contribution >= 4 is 38.4 Å². The molecule has 3 rings (SSSR count). The fraction of sp³-hybridized carbons (Fsp3) is 0.348. The van der Waals surface area contributed by atoms with Gasteiger partial charge in [-0.2, -0.15) is 0 Å². The largest absolute Gasteiger partial charge is 0.496 e. The van der Waals surface area contributed by atoms with Gasteiger partial charge in [0.1, 0.15) is 11.3 Å². The Morgan fingerprint density at radius 3 is 2.64 bits per heavy atom. The van der Waals surface area contributed by atoms with Crippen molar-refractivity contribution in [2.45, 2.75) is 39.0 Å². The highest BCUT2D eigenvalue weighted by Gasteiger charge is 2.22. The summed E-state index contributed by atoms with van der Waals surface area (Å²) in [6, 6.07) is 13.1. The van der Waals surface area contributed by atoms with E-state index >= 15 is 0 Å². The van der Waals surface area contributed by atoms with Crippen LogP contribution in [0.25, 0.3) is 11.0 Å². The van der Waals surface area contributed by atoms with Gasteiger partial charge in [0.2, 0.25) is 5.78 Å². The minimum absolute atomic E-state index is 0.145. The number of nitrogens with one attached hydrogen (secondary N) is 1. The van der Waals surface area contributed by atoms with Crippen LogP contribution in [0.1, 0.15) is 55.1 Å². The first kappa shape index (κ1) is 20.5. The molecule has 3 aromatic rings. The third-order valence-electron chi connectivity index (χ3n) is 4.80. The Balaban J connectivity index is 1.85. The van der Waals surface area contributed by atoms with Gasteiger partial charge in [0, 0.05) is 17.5 Å². The SMILES string of the molecule is CCCCCCCNc1c(C(=O)c2ccc(OC)c(Br)c2)oc2ccccc12. The summed E-state index contributed by atoms with van der Waals surface area (Å²) in [6.45, 7) is 3.03. The highest BCUT2D eigenvalue weighted by atomic mass is 79.9. The van der Waals surface area contributed by atoms with Gasteiger partial charge in [0.15, 0.2) is 5.76 Å². The van der Waals surface area contributed by atoms with E-state index < -0.39 is 0 Å². The third-order valence-corrected chi connectivity index (χ3v) is 5.42. The minimum Gasteiger partial charge on any atom is -0.496 e. The molecule has 1 N–H and O–H groups in total. The van der Waals surface area contributed by atoms with Gasteiger partial charge in [-0.15, -0.1) is 0 Å². The lowest BCUT2D eigenvalue weighted by Gasteiger charge is -2.08. The second-order valence-corrected chi connectivity index (χ2v) is 7.68. The summed E-state index contributed by atoms with van der Waals surface area (Å²) in [5.74, 6) is 0.895. The molecule has 0 aliphatic carbocycles. The third kappa shape index (κ3) is 4.58. The van der Waals surface area contributed by atoms with Crippen LogP contribution in [0.5, 0.6) is 5.75 Å². The normalized spacial score (nSPS) is 11.0. The molecule has 0 fully saturated rings. The molecular weight excluding hydrogens is 418 g/mol. The quantitative estimate of drug-likeness (QED) is 0.276. The van der Waals surface area contributed by atoms with Gasteiger partial charge < -0.3 is 14.5 Å². The van der Waals surface area contributed by atoms with Crippen molar-refractivity contribution in [2.24, 2.45) is 0 Å². The first-order chi connectivity index (χ1) is 13.7. The number of fused-ring (bicyclic) bond motifs is 1. The number of ketones is 1. The zero-order chi connectivity index (χ0) is 19.9. The molecule has 0 spiro atoms. The number of carbonyl (C=O) groups excluding carboxylic acids is 1. The topological polar surface area (TPSA) is 51.5 Å². The Morgan fingerprint density at radius 2 is 1.89 bits per heavy atom. The molecule has 148 valence electrons. The molecule has 1 heterocycles. The highest BCUT2D eigenvalue weighted by molar-refractivity contribution is 9.10. The number of unbranched alkanes of at least 4 members (excludes halogenated alkanes) is 4. The Labute approximate surface area is 174 Å². The fourth-order valence-corrected chi connectivity index (χ4v) is 3.80. The van der Waals surface area contributed by atoms with Crippen molar-refractivity contribution in [3.8, 4) is 5.75 Å². The Morgan fingerprint density at radius 1 is 1.11 bits per heavy atom. The van der Waals surface area contributed by atoms with Gasteiger partial charge in [-0.05, 0) is 52.7 Å². The summed E-state index contributed by atoms with van der Waals surface area (Å²) >= 11 is 3.45. The molecular formula is C23H26BrNO3. The second kappa shape index (κ2) is 9.78. The number of methoxy groups -OCH3 is 1. The standard InChI is InChI=1S/C23H26BrNO3/c1-3-4-5-6-9-14-25-21-17-10-7-8-11-19(17)28-23(21)22(26)16-12-13-20(27-2)18(24)15-16/h7-8,10-13,15,25H,3-6,9,14H2,1-2H3. The number of carbonyl (C=O) groups is 1. The van der Waals surface area contributed by atoms with Crippen molar-refractivity contribution in [1.29, 1.82) is 0 Å². The van der Waals surface area contributed by atoms with Crippen LogP contribution in [0, 0.1) is 0 Å². The van der Waals surface area contributed by atoms with Crippen LogP contribution in [0.2, 0.25) is 0 Å². The summed E-state index contributed by atoms with van der Waals surface area (Å²) in [5.41, 5.74) is 2.05. The number of ether oxygens (including phenoxy) is 1. The number of benzene rings is 2. The summed E-state index contributed by atoms with van der Waals surface area (Å²) in [6.07, 6.45) is 6.00. The number of hydrogen-bond acceptors (Lipinski definition) is 4. The van der Waals surface area contributed by atoms with Crippen LogP contribution in [-0.4, -0.2) is 19.4 Å². The molecule has 0 unspecified atom stereocenters. The van der Waals surface area contributed by atoms with Gasteiger partial charge in [0.25, 0.3) is 0 Å². The predicted octanol–water partition coefficient (Wildman–Crippen LogP) is 6.82. The van der Waals surface area contributed by atoms with Crippen molar-refractivity contribution in [3.63, 3.8) is 0 Å². The van der Waals surface area contributed by atoms with E-state index in [0.717, 1.165) is 28.5 Å². The Hall–Kier alpha value is -2.27. The van der Waals surface area contributed by atoms with Crippen LogP contribution in [0.4, 0.5) is 5.69 Å². The molecule has 0 amide bonds. The van der Waals surface area contributed by atoms with E-state index in [1.165, 1.54) is 25.7 Å². The van der Waals surface area contributed by atoms with Crippen LogP contribution in [0.3, 0.4) is 0 Å². The minimum atomic E-state index is -0.145. The molecule has 0 atom stereocenters. The van der Waals surface area contributed by atoms with Crippen LogP contribution >= 0.6 is 15.9 Å². The van der Waals surface area contributed by atoms with E-state index in [0.29, 0.717) is 22.7 Å². The zero-order valence-electron chi connectivity index (χ0n) is 16.4. The Bertz CT molecular complexity index is 948. The number of para-hydroxylation sites is 1. The molecule has 0 aliphatic heterocycles. The predicted molar refractivity (Wildman–Crippen MR) is 118 cm³/mol. The van der Waals surface area contributed by atoms with Gasteiger partial charge in [-0.3, -0.25) is 4.79 Å². The van der Waals surface area contributed by atoms with Crippen molar-refractivity contribution in [2.75, 3.05) is 19.0 Å². The molecule has 0 aliphatic rings. The van der Waals surface area contributed by atoms with Crippen LogP contribution < -0.4 is 10.1 Å². The molecule has 4 nitrogen and oxygen atoms in total. The molecule has 2 aromatic carbocycles. The number of anilines is 1. The molecule has 0 saturated heterocycles. The fourth-order valence-electron chi connectivity index (χ4n) is 3.26. The summed E-state index contributed by atoms with van der Waals surface area (Å²) in [4.78, 5) is 13.2. The van der Waals surface area contributed by atoms with E-state index in [-0.39, 0.29) is 5.78 Å². The Kier molecular flexibility index (Phi) is 7.15. The van der Waals surface area contributed by atoms with E-state index in [1.807, 2.05) is 24.3 Å². The molecule has 5 heteroatoms. The monoisotopic (exact) mass is 443 g/mol. The van der Waals surface area contributed by atoms with E-state index in [1.54, 1.807) is 25.3 Å². The van der Waals surface area contributed by atoms with Gasteiger partial charge in [0.05, 0.1) is 17.3 Å². The number of hydrogen-bond donors (Lipinski definition) is 1. The summed E-state index contributed by atoms with van der Waals surface area (Å²) in [7, 11) is 1.60. The van der Waals surface area contributed by atoms with Crippen molar-refractivity contribution < 1.29 is 13.9 Å². The van der Waals surface area contributed by atoms with E-state index in [2.05, 4.69) is 28.2 Å². The first-order valence-corrected chi connectivity index (χ1v) is 10.6. The summed E-state index contributed by atoms with van der Waals surface area (Å²) in [5, 5.41) is 4.39. The van der Waals surface area contributed by atoms with Gasteiger partial charge in [-0.1, -0.05) is 44.7 Å². The number of rotatable bonds is 10. The van der Waals surface area contributed by atoms with E-state index in [9.17, 15) is 4.79 Å². The molecule has 1 aromatic heterocycles. The number of furan rings is 1. The molecule has 0 saturated carbocycles. The maximum atomic E-state index is 13.2. The van der Waals surface area contributed by atoms with Crippen LogP contribution in [0.15, 0.2) is 51.4 Å². The molecule has 0 bridgehead atoms. The zero-order valence-corrected chi connectivity index (χ0v) is 18.0. The molecule has 0 radical (unpaired) electrons. The molecule has 28 heavy (non-hydrogen) atoms. The maximum Gasteiger partial charge on any atom is 0.230 e. The second-order valence-electron chi connectivity index (χ2n) is 6.82. The van der Waals surface area contributed by atoms with E-state index in [4.69, 9.17) is 9.15 Å². The average molecular weight is 444 g/mol. The van der Waals surface area contributed by atoms with Crippen LogP contribution in [-0.2, 0) is 0 Å². The lowest BCUT2D eigenvalue weighted by Crippen LogP contribution is -2.07. The van der Waals surface area contributed by atoms with Gasteiger partial charge >= 0.3 is 0 Å². The number of halogens is 1. The maximum absolute atomic E-state index is 13.2. The first-order valence-electron chi connectivity index (χ1n) is 9.79. The lowest BCUT2D eigenvalue weighted by molar-refractivity contribution is 0.101. The lowest BCUT2D eigenvalue weighted by atomic mass is 10.1. The summed E-state index contributed by atoms with van der Waals surface area (Å²) < 4.78 is 11.9.